The standard InChI is InChI=1S/C18H27FN2O/c1-14-12-16(20(4)17(22)18(2,3)19)10-11-21(14)13-15-8-6-5-7-9-15/h5-9,14,16H,10-13H2,1-4H3/t14-,16+/m1/s1. The Morgan fingerprint density at radius 3 is 2.55 bits per heavy atom. The third-order valence-corrected chi connectivity index (χ3v) is 4.59. The number of likely N-dealkylation sites (tertiary alicyclic amines) is 1. The minimum absolute atomic E-state index is 0.129. The molecule has 0 bridgehead atoms. The first kappa shape index (κ1) is 16.9. The minimum Gasteiger partial charge on any atom is -0.340 e. The molecule has 0 N–H and O–H groups in total. The molecule has 1 amide bonds. The predicted molar refractivity (Wildman–Crippen MR) is 87.3 cm³/mol. The molecule has 1 saturated heterocycles. The Balaban J connectivity index is 1.94. The van der Waals surface area contributed by atoms with Gasteiger partial charge < -0.3 is 4.90 Å². The molecule has 122 valence electrons. The maximum absolute atomic E-state index is 13.8. The number of benzene rings is 1. The molecule has 22 heavy (non-hydrogen) atoms. The smallest absolute Gasteiger partial charge is 0.259 e. The van der Waals surface area contributed by atoms with Crippen LogP contribution < -0.4 is 0 Å². The summed E-state index contributed by atoms with van der Waals surface area (Å²) in [6.07, 6.45) is 1.79. The minimum atomic E-state index is -1.79. The number of carbonyl (C=O) groups excluding carboxylic acids is 1. The van der Waals surface area contributed by atoms with Gasteiger partial charge in [0.2, 0.25) is 0 Å². The highest BCUT2D eigenvalue weighted by molar-refractivity contribution is 5.84. The van der Waals surface area contributed by atoms with Gasteiger partial charge in [0.1, 0.15) is 0 Å². The zero-order chi connectivity index (χ0) is 16.3. The fourth-order valence-electron chi connectivity index (χ4n) is 3.19. The molecule has 1 aliphatic heterocycles. The van der Waals surface area contributed by atoms with Crippen LogP contribution in [0.15, 0.2) is 30.3 Å². The fourth-order valence-corrected chi connectivity index (χ4v) is 3.19. The Morgan fingerprint density at radius 2 is 2.00 bits per heavy atom. The molecule has 0 spiro atoms. The van der Waals surface area contributed by atoms with Gasteiger partial charge in [-0.2, -0.15) is 0 Å². The Labute approximate surface area is 133 Å². The molecule has 1 heterocycles. The van der Waals surface area contributed by atoms with Crippen LogP contribution in [0.3, 0.4) is 0 Å². The summed E-state index contributed by atoms with van der Waals surface area (Å²) in [5.74, 6) is -0.416. The molecule has 1 fully saturated rings. The van der Waals surface area contributed by atoms with Crippen LogP contribution in [0.2, 0.25) is 0 Å². The first-order valence-electron chi connectivity index (χ1n) is 8.03. The average Bonchev–Trinajstić information content (AvgIpc) is 2.48. The number of alkyl halides is 1. The van der Waals surface area contributed by atoms with E-state index >= 15 is 0 Å². The second-order valence-corrected chi connectivity index (χ2v) is 6.87. The summed E-state index contributed by atoms with van der Waals surface area (Å²) in [4.78, 5) is 16.1. The molecule has 0 aliphatic carbocycles. The number of hydrogen-bond donors (Lipinski definition) is 0. The number of carbonyl (C=O) groups is 1. The lowest BCUT2D eigenvalue weighted by atomic mass is 9.95. The van der Waals surface area contributed by atoms with Gasteiger partial charge in [-0.25, -0.2) is 4.39 Å². The van der Waals surface area contributed by atoms with E-state index in [9.17, 15) is 9.18 Å². The quantitative estimate of drug-likeness (QED) is 0.852. The molecular weight excluding hydrogens is 279 g/mol. The van der Waals surface area contributed by atoms with Crippen LogP contribution in [0.25, 0.3) is 0 Å². The first-order valence-corrected chi connectivity index (χ1v) is 8.03. The van der Waals surface area contributed by atoms with Crippen LogP contribution in [0.1, 0.15) is 39.2 Å². The largest absolute Gasteiger partial charge is 0.340 e. The van der Waals surface area contributed by atoms with Gasteiger partial charge in [0.05, 0.1) is 0 Å². The van der Waals surface area contributed by atoms with Gasteiger partial charge in [0.25, 0.3) is 5.91 Å². The van der Waals surface area contributed by atoms with Gasteiger partial charge in [-0.3, -0.25) is 9.69 Å². The van der Waals surface area contributed by atoms with Crippen molar-refractivity contribution in [2.45, 2.75) is 57.9 Å². The van der Waals surface area contributed by atoms with E-state index in [1.54, 1.807) is 11.9 Å². The lowest BCUT2D eigenvalue weighted by molar-refractivity contribution is -0.144. The van der Waals surface area contributed by atoms with Crippen molar-refractivity contribution in [3.05, 3.63) is 35.9 Å². The second-order valence-electron chi connectivity index (χ2n) is 6.87. The Kier molecular flexibility index (Phi) is 5.22. The van der Waals surface area contributed by atoms with Crippen LogP contribution in [0, 0.1) is 0 Å². The highest BCUT2D eigenvalue weighted by atomic mass is 19.1. The van der Waals surface area contributed by atoms with Crippen LogP contribution in [-0.2, 0) is 11.3 Å². The van der Waals surface area contributed by atoms with Crippen molar-refractivity contribution in [2.75, 3.05) is 13.6 Å². The van der Waals surface area contributed by atoms with Crippen LogP contribution >= 0.6 is 0 Å². The maximum Gasteiger partial charge on any atom is 0.259 e. The van der Waals surface area contributed by atoms with Crippen molar-refractivity contribution in [1.29, 1.82) is 0 Å². The average molecular weight is 306 g/mol. The third-order valence-electron chi connectivity index (χ3n) is 4.59. The Bertz CT molecular complexity index is 498. The SMILES string of the molecule is C[C@@H]1C[C@@H](N(C)C(=O)C(C)(C)F)CCN1Cc1ccccc1. The van der Waals surface area contributed by atoms with E-state index < -0.39 is 11.6 Å². The predicted octanol–water partition coefficient (Wildman–Crippen LogP) is 3.25. The summed E-state index contributed by atoms with van der Waals surface area (Å²) < 4.78 is 13.8. The van der Waals surface area contributed by atoms with Crippen LogP contribution in [0.4, 0.5) is 4.39 Å². The third kappa shape index (κ3) is 4.07. The monoisotopic (exact) mass is 306 g/mol. The molecule has 0 saturated carbocycles. The summed E-state index contributed by atoms with van der Waals surface area (Å²) in [5.41, 5.74) is -0.485. The van der Waals surface area contributed by atoms with Gasteiger partial charge in [0.15, 0.2) is 5.67 Å². The van der Waals surface area contributed by atoms with Crippen LogP contribution in [0.5, 0.6) is 0 Å². The van der Waals surface area contributed by atoms with Crippen molar-refractivity contribution in [3.8, 4) is 0 Å². The highest BCUT2D eigenvalue weighted by Crippen LogP contribution is 2.25. The number of nitrogens with zero attached hydrogens (tertiary/aromatic N) is 2. The molecule has 3 nitrogen and oxygen atoms in total. The summed E-state index contributed by atoms with van der Waals surface area (Å²) in [7, 11) is 1.73. The van der Waals surface area contributed by atoms with E-state index in [2.05, 4.69) is 36.1 Å². The Morgan fingerprint density at radius 1 is 1.36 bits per heavy atom. The molecule has 0 aromatic heterocycles. The van der Waals surface area contributed by atoms with E-state index in [0.717, 1.165) is 25.9 Å². The number of rotatable bonds is 4. The number of hydrogen-bond acceptors (Lipinski definition) is 2. The summed E-state index contributed by atoms with van der Waals surface area (Å²) in [6, 6.07) is 10.9. The fraction of sp³-hybridized carbons (Fsp3) is 0.611. The highest BCUT2D eigenvalue weighted by Gasteiger charge is 2.36. The molecule has 2 atom stereocenters. The molecule has 1 aliphatic rings. The molecule has 1 aromatic carbocycles. The van der Waals surface area contributed by atoms with Crippen molar-refractivity contribution < 1.29 is 9.18 Å². The number of amides is 1. The maximum atomic E-state index is 13.8. The Hall–Kier alpha value is -1.42. The van der Waals surface area contributed by atoms with Gasteiger partial charge in [-0.05, 0) is 39.2 Å². The van der Waals surface area contributed by atoms with Crippen LogP contribution in [-0.4, -0.2) is 47.1 Å². The lowest BCUT2D eigenvalue weighted by Crippen LogP contribution is -2.52. The van der Waals surface area contributed by atoms with Crippen molar-refractivity contribution in [2.24, 2.45) is 0 Å². The van der Waals surface area contributed by atoms with Gasteiger partial charge in [-0.15, -0.1) is 0 Å². The molecular formula is C18H27FN2O. The van der Waals surface area contributed by atoms with Crippen molar-refractivity contribution >= 4 is 5.91 Å². The second kappa shape index (κ2) is 6.78. The lowest BCUT2D eigenvalue weighted by Gasteiger charge is -2.42. The number of piperidine rings is 1. The normalized spacial score (nSPS) is 23.3. The topological polar surface area (TPSA) is 23.6 Å². The van der Waals surface area contributed by atoms with Crippen molar-refractivity contribution in [1.82, 2.24) is 9.80 Å². The zero-order valence-electron chi connectivity index (χ0n) is 14.1. The van der Waals surface area contributed by atoms with Gasteiger partial charge in [-0.1, -0.05) is 30.3 Å². The van der Waals surface area contributed by atoms with Gasteiger partial charge in [0, 0.05) is 32.2 Å². The first-order chi connectivity index (χ1) is 10.3. The van der Waals surface area contributed by atoms with Crippen molar-refractivity contribution in [3.63, 3.8) is 0 Å². The van der Waals surface area contributed by atoms with E-state index in [-0.39, 0.29) is 6.04 Å². The summed E-state index contributed by atoms with van der Waals surface area (Å²) >= 11 is 0. The molecule has 0 unspecified atom stereocenters. The molecule has 1 aromatic rings. The van der Waals surface area contributed by atoms with Gasteiger partial charge >= 0.3 is 0 Å². The molecule has 2 rings (SSSR count). The molecule has 4 heteroatoms. The zero-order valence-corrected chi connectivity index (χ0v) is 14.1. The summed E-state index contributed by atoms with van der Waals surface area (Å²) in [6.45, 7) is 6.72. The number of halogens is 1. The van der Waals surface area contributed by atoms with E-state index in [1.165, 1.54) is 19.4 Å². The molecule has 0 radical (unpaired) electrons. The van der Waals surface area contributed by atoms with E-state index in [4.69, 9.17) is 0 Å². The van der Waals surface area contributed by atoms with E-state index in [1.807, 2.05) is 6.07 Å². The summed E-state index contributed by atoms with van der Waals surface area (Å²) in [5, 5.41) is 0. The van der Waals surface area contributed by atoms with E-state index in [0.29, 0.717) is 6.04 Å².